The molecule has 15 nitrogen and oxygen atoms in total. The molecule has 4 aromatic carbocycles. The summed E-state index contributed by atoms with van der Waals surface area (Å²) < 4.78 is 99.9. The highest BCUT2D eigenvalue weighted by molar-refractivity contribution is 7.86. The predicted molar refractivity (Wildman–Crippen MR) is 167 cm³/mol. The second kappa shape index (κ2) is 13.0. The first kappa shape index (κ1) is 34.0. The van der Waals surface area contributed by atoms with Crippen LogP contribution >= 0.6 is 11.6 Å². The predicted octanol–water partition coefficient (Wildman–Crippen LogP) is 6.18. The highest BCUT2D eigenvalue weighted by atomic mass is 35.5. The largest absolute Gasteiger partial charge is 0.505 e. The van der Waals surface area contributed by atoms with E-state index in [9.17, 15) is 44.6 Å². The number of hydrogen-bond donors (Lipinski definition) is 5. The summed E-state index contributed by atoms with van der Waals surface area (Å²) in [6.07, 6.45) is -1.37. The third-order valence-corrected chi connectivity index (χ3v) is 8.55. The van der Waals surface area contributed by atoms with E-state index in [1.165, 1.54) is 55.6 Å². The number of carbonyl (C=O) groups is 1. The van der Waals surface area contributed by atoms with Crippen molar-refractivity contribution in [3.63, 3.8) is 0 Å². The minimum absolute atomic E-state index is 0.00789. The summed E-state index contributed by atoms with van der Waals surface area (Å²) in [5.74, 6) is -3.09. The van der Waals surface area contributed by atoms with Crippen molar-refractivity contribution >= 4 is 77.1 Å². The second-order valence-corrected chi connectivity index (χ2v) is 12.8. The lowest BCUT2D eigenvalue weighted by Crippen LogP contribution is -2.12. The molecule has 0 saturated carbocycles. The summed E-state index contributed by atoms with van der Waals surface area (Å²) in [4.78, 5) is 17.7. The molecule has 1 amide bonds. The summed E-state index contributed by atoms with van der Waals surface area (Å²) in [5.41, 5.74) is -0.850. The van der Waals surface area contributed by atoms with Crippen LogP contribution in [0.15, 0.2) is 86.7 Å². The number of carbonyl (C=O) groups excluding carboxylic acids is 1. The molecule has 0 aliphatic heterocycles. The first-order valence-electron chi connectivity index (χ1n) is 13.0. The monoisotopic (exact) mass is 720 g/mol. The molecule has 0 unspecified atom stereocenters. The molecule has 0 fully saturated rings. The van der Waals surface area contributed by atoms with Gasteiger partial charge in [-0.25, -0.2) is 0 Å². The van der Waals surface area contributed by atoms with Gasteiger partial charge < -0.3 is 20.5 Å². The van der Waals surface area contributed by atoms with Crippen molar-refractivity contribution in [2.24, 2.45) is 10.2 Å². The molecule has 0 radical (unpaired) electrons. The fourth-order valence-electron chi connectivity index (χ4n) is 4.29. The SMILES string of the molecule is COc1ccc(N=Nc2c(S(=O)(=O)O)cc3cc(NC(=O)c4cccc(Nc5nc(F)nc(F)c5Cl)c4)ccc3c2O)c(S(=O)(=O)O)c1. The lowest BCUT2D eigenvalue weighted by molar-refractivity contribution is 0.102. The van der Waals surface area contributed by atoms with Crippen molar-refractivity contribution in [3.05, 3.63) is 89.3 Å². The van der Waals surface area contributed by atoms with Gasteiger partial charge in [0.15, 0.2) is 11.6 Å². The molecule has 5 rings (SSSR count). The van der Waals surface area contributed by atoms with Crippen molar-refractivity contribution in [2.45, 2.75) is 9.79 Å². The average molecular weight is 721 g/mol. The number of benzene rings is 4. The Labute approximate surface area is 274 Å². The minimum Gasteiger partial charge on any atom is -0.505 e. The maximum atomic E-state index is 13.7. The first-order chi connectivity index (χ1) is 22.5. The lowest BCUT2D eigenvalue weighted by atomic mass is 10.1. The molecule has 0 saturated heterocycles. The normalized spacial score (nSPS) is 12.0. The van der Waals surface area contributed by atoms with Gasteiger partial charge in [-0.2, -0.15) is 35.6 Å². The molecule has 5 aromatic rings. The topological polar surface area (TPSA) is 230 Å². The van der Waals surface area contributed by atoms with Gasteiger partial charge in [0.05, 0.1) is 7.11 Å². The Hall–Kier alpha value is -5.34. The van der Waals surface area contributed by atoms with Crippen LogP contribution in [0, 0.1) is 12.0 Å². The van der Waals surface area contributed by atoms with E-state index >= 15 is 0 Å². The maximum absolute atomic E-state index is 13.7. The van der Waals surface area contributed by atoms with E-state index in [-0.39, 0.29) is 39.3 Å². The number of hydrogen-bond acceptors (Lipinski definition) is 12. The zero-order valence-corrected chi connectivity index (χ0v) is 26.3. The van der Waals surface area contributed by atoms with E-state index in [0.29, 0.717) is 0 Å². The number of azo groups is 1. The second-order valence-electron chi connectivity index (χ2n) is 9.60. The molecule has 0 bridgehead atoms. The summed E-state index contributed by atoms with van der Waals surface area (Å²) in [7, 11) is -8.68. The molecule has 248 valence electrons. The maximum Gasteiger partial charge on any atom is 0.313 e. The Morgan fingerprint density at radius 3 is 2.31 bits per heavy atom. The number of nitrogens with one attached hydrogen (secondary N) is 2. The van der Waals surface area contributed by atoms with Gasteiger partial charge >= 0.3 is 6.08 Å². The van der Waals surface area contributed by atoms with Crippen LogP contribution in [0.5, 0.6) is 11.5 Å². The van der Waals surface area contributed by atoms with Gasteiger partial charge in [-0.05, 0) is 60.0 Å². The summed E-state index contributed by atoms with van der Waals surface area (Å²) in [6.45, 7) is 0. The quantitative estimate of drug-likeness (QED) is 0.0497. The molecule has 48 heavy (non-hydrogen) atoms. The van der Waals surface area contributed by atoms with Crippen molar-refractivity contribution < 1.29 is 49.4 Å². The van der Waals surface area contributed by atoms with Gasteiger partial charge in [-0.1, -0.05) is 17.7 Å². The fourth-order valence-corrected chi connectivity index (χ4v) is 5.72. The average Bonchev–Trinajstić information content (AvgIpc) is 3.02. The van der Waals surface area contributed by atoms with Crippen molar-refractivity contribution in [2.75, 3.05) is 17.7 Å². The standard InChI is InChI=1S/C28H19ClF2N6O9S2/c1-46-17-6-8-19(20(12-17)47(40,41)42)36-37-23-21(48(43,44)45)11-14-10-16(5-7-18(14)24(23)38)33-27(39)13-3-2-4-15(9-13)32-26-22(29)25(30)34-28(31)35-26/h2-12,38H,1H3,(H,33,39)(H,32,34,35)(H,40,41,42)(H,43,44,45). The van der Waals surface area contributed by atoms with Gasteiger partial charge in [0.2, 0.25) is 5.95 Å². The summed E-state index contributed by atoms with van der Waals surface area (Å²) in [6, 6.07) is 13.8. The molecule has 0 atom stereocenters. The van der Waals surface area contributed by atoms with Crippen molar-refractivity contribution in [1.82, 2.24) is 9.97 Å². The number of phenolic OH excluding ortho intramolecular Hbond substituents is 1. The van der Waals surface area contributed by atoms with Crippen molar-refractivity contribution in [3.8, 4) is 11.5 Å². The van der Waals surface area contributed by atoms with Crippen LogP contribution in [0.1, 0.15) is 10.4 Å². The third kappa shape index (κ3) is 7.29. The number of halogens is 3. The lowest BCUT2D eigenvalue weighted by Gasteiger charge is -2.12. The van der Waals surface area contributed by atoms with E-state index in [0.717, 1.165) is 18.2 Å². The number of phenols is 1. The van der Waals surface area contributed by atoms with Gasteiger partial charge in [0, 0.05) is 28.4 Å². The zero-order chi connectivity index (χ0) is 35.0. The zero-order valence-electron chi connectivity index (χ0n) is 23.9. The molecule has 5 N–H and O–H groups in total. The van der Waals surface area contributed by atoms with Crippen LogP contribution in [0.3, 0.4) is 0 Å². The van der Waals surface area contributed by atoms with Gasteiger partial charge in [0.1, 0.15) is 31.9 Å². The van der Waals surface area contributed by atoms with E-state index < -0.39 is 70.1 Å². The van der Waals surface area contributed by atoms with Crippen molar-refractivity contribution in [1.29, 1.82) is 0 Å². The Morgan fingerprint density at radius 2 is 1.62 bits per heavy atom. The van der Waals surface area contributed by atoms with Crippen LogP contribution in [-0.2, 0) is 20.2 Å². The van der Waals surface area contributed by atoms with Crippen LogP contribution < -0.4 is 15.4 Å². The van der Waals surface area contributed by atoms with Crippen LogP contribution in [0.25, 0.3) is 10.8 Å². The Morgan fingerprint density at radius 1 is 0.896 bits per heavy atom. The number of nitrogens with zero attached hydrogens (tertiary/aromatic N) is 4. The number of ether oxygens (including phenoxy) is 1. The first-order valence-corrected chi connectivity index (χ1v) is 16.2. The highest BCUT2D eigenvalue weighted by Crippen LogP contribution is 2.42. The molecule has 20 heteroatoms. The van der Waals surface area contributed by atoms with E-state index in [4.69, 9.17) is 16.3 Å². The molecule has 1 aromatic heterocycles. The number of aromatic hydroxyl groups is 1. The molecule has 0 aliphatic carbocycles. The smallest absolute Gasteiger partial charge is 0.313 e. The van der Waals surface area contributed by atoms with Gasteiger partial charge in [-0.15, -0.1) is 10.2 Å². The van der Waals surface area contributed by atoms with E-state index in [1.807, 2.05) is 0 Å². The summed E-state index contributed by atoms with van der Waals surface area (Å²) in [5, 5.41) is 22.9. The molecular formula is C28H19ClF2N6O9S2. The van der Waals surface area contributed by atoms with E-state index in [2.05, 4.69) is 30.8 Å². The van der Waals surface area contributed by atoms with Gasteiger partial charge in [0.25, 0.3) is 26.1 Å². The number of fused-ring (bicyclic) bond motifs is 1. The third-order valence-electron chi connectivity index (χ3n) is 6.46. The highest BCUT2D eigenvalue weighted by Gasteiger charge is 2.24. The van der Waals surface area contributed by atoms with Crippen LogP contribution in [0.4, 0.5) is 37.3 Å². The minimum atomic E-state index is -5.08. The van der Waals surface area contributed by atoms with Crippen LogP contribution in [0.2, 0.25) is 5.02 Å². The number of rotatable bonds is 9. The van der Waals surface area contributed by atoms with Crippen LogP contribution in [-0.4, -0.2) is 54.0 Å². The number of methoxy groups -OCH3 is 1. The number of anilines is 3. The summed E-state index contributed by atoms with van der Waals surface area (Å²) >= 11 is 5.79. The fraction of sp³-hybridized carbons (Fsp3) is 0.0357. The molecule has 1 heterocycles. The number of amides is 1. The molecule has 0 spiro atoms. The molecular weight excluding hydrogens is 702 g/mol. The number of aromatic nitrogens is 2. The molecule has 0 aliphatic rings. The Kier molecular flexibility index (Phi) is 9.24. The Balaban J connectivity index is 1.47. The van der Waals surface area contributed by atoms with E-state index in [1.54, 1.807) is 0 Å². The Bertz CT molecular complexity index is 2380. The van der Waals surface area contributed by atoms with Gasteiger partial charge in [-0.3, -0.25) is 13.9 Å².